The lowest BCUT2D eigenvalue weighted by Gasteiger charge is -2.26. The molecule has 1 fully saturated rings. The molecule has 1 amide bonds. The number of nitrogens with one attached hydrogen (secondary N) is 1. The topological polar surface area (TPSA) is 88.6 Å². The van der Waals surface area contributed by atoms with Crippen LogP contribution in [0, 0.1) is 27.7 Å². The van der Waals surface area contributed by atoms with Crippen molar-refractivity contribution >= 4 is 32.4 Å². The van der Waals surface area contributed by atoms with E-state index >= 15 is 0 Å². The van der Waals surface area contributed by atoms with Gasteiger partial charge in [-0.3, -0.25) is 10.1 Å². The summed E-state index contributed by atoms with van der Waals surface area (Å²) in [6.07, 6.45) is 0. The van der Waals surface area contributed by atoms with Crippen LogP contribution in [0.4, 0.5) is 5.13 Å². The Morgan fingerprint density at radius 3 is 2.24 bits per heavy atom. The van der Waals surface area contributed by atoms with E-state index < -0.39 is 10.0 Å². The number of carbonyl (C=O) groups is 1. The lowest BCUT2D eigenvalue weighted by atomic mass is 9.93. The van der Waals surface area contributed by atoms with Crippen molar-refractivity contribution in [3.8, 4) is 11.3 Å². The lowest BCUT2D eigenvalue weighted by Crippen LogP contribution is -2.40. The van der Waals surface area contributed by atoms with Crippen molar-refractivity contribution < 1.29 is 17.9 Å². The van der Waals surface area contributed by atoms with Gasteiger partial charge in [-0.25, -0.2) is 13.4 Å². The summed E-state index contributed by atoms with van der Waals surface area (Å²) in [7, 11) is -3.59. The van der Waals surface area contributed by atoms with Crippen LogP contribution in [0.3, 0.4) is 0 Å². The maximum Gasteiger partial charge on any atom is 0.257 e. The minimum atomic E-state index is -3.59. The number of thiazole rings is 1. The monoisotopic (exact) mass is 485 g/mol. The number of hydrogen-bond acceptors (Lipinski definition) is 6. The molecule has 4 rings (SSSR count). The number of anilines is 1. The Morgan fingerprint density at radius 1 is 1.03 bits per heavy atom. The molecule has 9 heteroatoms. The molecule has 0 radical (unpaired) electrons. The van der Waals surface area contributed by atoms with Crippen molar-refractivity contribution in [2.24, 2.45) is 0 Å². The van der Waals surface area contributed by atoms with Crippen LogP contribution in [-0.2, 0) is 14.8 Å². The standard InChI is InChI=1S/C24H27N3O4S2/c1-15-13-16(2)18(4)22(17(15)3)21-14-32-24(25-21)26-23(28)19-5-7-20(8-6-19)33(29,30)27-9-11-31-12-10-27/h5-8,13-14H,9-12H2,1-4H3,(H,25,26,28). The molecule has 1 saturated heterocycles. The summed E-state index contributed by atoms with van der Waals surface area (Å²) >= 11 is 1.37. The number of aryl methyl sites for hydroxylation is 2. The Morgan fingerprint density at radius 2 is 1.64 bits per heavy atom. The number of carbonyl (C=O) groups excluding carboxylic acids is 1. The molecule has 1 N–H and O–H groups in total. The van der Waals surface area contributed by atoms with Crippen molar-refractivity contribution in [1.29, 1.82) is 0 Å². The number of sulfonamides is 1. The van der Waals surface area contributed by atoms with E-state index in [1.54, 1.807) is 0 Å². The van der Waals surface area contributed by atoms with E-state index in [9.17, 15) is 13.2 Å². The van der Waals surface area contributed by atoms with Gasteiger partial charge in [0.2, 0.25) is 10.0 Å². The van der Waals surface area contributed by atoms with Gasteiger partial charge in [-0.05, 0) is 74.2 Å². The van der Waals surface area contributed by atoms with Gasteiger partial charge in [-0.1, -0.05) is 6.07 Å². The molecule has 2 heterocycles. The number of rotatable bonds is 5. The van der Waals surface area contributed by atoms with Gasteiger partial charge in [0, 0.05) is 29.6 Å². The van der Waals surface area contributed by atoms with Crippen LogP contribution in [0.15, 0.2) is 40.6 Å². The minimum Gasteiger partial charge on any atom is -0.379 e. The van der Waals surface area contributed by atoms with Crippen molar-refractivity contribution in [1.82, 2.24) is 9.29 Å². The van der Waals surface area contributed by atoms with E-state index in [1.165, 1.54) is 62.2 Å². The maximum absolute atomic E-state index is 12.8. The van der Waals surface area contributed by atoms with Gasteiger partial charge in [-0.2, -0.15) is 4.31 Å². The number of amides is 1. The van der Waals surface area contributed by atoms with Crippen LogP contribution < -0.4 is 5.32 Å². The summed E-state index contributed by atoms with van der Waals surface area (Å²) in [6, 6.07) is 8.15. The summed E-state index contributed by atoms with van der Waals surface area (Å²) in [5, 5.41) is 5.27. The van der Waals surface area contributed by atoms with Crippen molar-refractivity contribution in [3.63, 3.8) is 0 Å². The average molecular weight is 486 g/mol. The van der Waals surface area contributed by atoms with Gasteiger partial charge < -0.3 is 4.74 Å². The summed E-state index contributed by atoms with van der Waals surface area (Å²) in [5.41, 5.74) is 7.08. The molecule has 0 unspecified atom stereocenters. The van der Waals surface area contributed by atoms with E-state index in [0.717, 1.165) is 11.3 Å². The highest BCUT2D eigenvalue weighted by molar-refractivity contribution is 7.89. The first kappa shape index (κ1) is 23.6. The number of benzene rings is 2. The van der Waals surface area contributed by atoms with Crippen LogP contribution in [-0.4, -0.2) is 49.9 Å². The van der Waals surface area contributed by atoms with Crippen LogP contribution >= 0.6 is 11.3 Å². The molecule has 7 nitrogen and oxygen atoms in total. The van der Waals surface area contributed by atoms with Crippen molar-refractivity contribution in [3.05, 3.63) is 63.5 Å². The molecule has 0 aliphatic carbocycles. The highest BCUT2D eigenvalue weighted by atomic mass is 32.2. The van der Waals surface area contributed by atoms with Crippen LogP contribution in [0.25, 0.3) is 11.3 Å². The smallest absolute Gasteiger partial charge is 0.257 e. The zero-order valence-electron chi connectivity index (χ0n) is 19.1. The molecule has 1 aliphatic heterocycles. The van der Waals surface area contributed by atoms with Gasteiger partial charge in [0.1, 0.15) is 0 Å². The number of ether oxygens (including phenoxy) is 1. The fourth-order valence-corrected chi connectivity index (χ4v) is 6.04. The van der Waals surface area contributed by atoms with E-state index in [2.05, 4.69) is 44.1 Å². The Bertz CT molecular complexity index is 1270. The van der Waals surface area contributed by atoms with Crippen LogP contribution in [0.2, 0.25) is 0 Å². The largest absolute Gasteiger partial charge is 0.379 e. The fourth-order valence-electron chi connectivity index (χ4n) is 3.93. The molecule has 0 saturated carbocycles. The van der Waals surface area contributed by atoms with Gasteiger partial charge in [0.15, 0.2) is 5.13 Å². The molecule has 3 aromatic rings. The quantitative estimate of drug-likeness (QED) is 0.582. The van der Waals surface area contributed by atoms with E-state index in [-0.39, 0.29) is 10.8 Å². The van der Waals surface area contributed by atoms with Crippen molar-refractivity contribution in [2.75, 3.05) is 31.6 Å². The van der Waals surface area contributed by atoms with Gasteiger partial charge in [0.25, 0.3) is 5.91 Å². The summed E-state index contributed by atoms with van der Waals surface area (Å²) in [5.74, 6) is -0.333. The maximum atomic E-state index is 12.8. The molecule has 0 bridgehead atoms. The Hall–Kier alpha value is -2.59. The highest BCUT2D eigenvalue weighted by Crippen LogP contribution is 2.33. The summed E-state index contributed by atoms with van der Waals surface area (Å²) in [4.78, 5) is 17.5. The minimum absolute atomic E-state index is 0.165. The fraction of sp³-hybridized carbons (Fsp3) is 0.333. The number of nitrogens with zero attached hydrogens (tertiary/aromatic N) is 2. The van der Waals surface area contributed by atoms with E-state index in [4.69, 9.17) is 4.74 Å². The second-order valence-electron chi connectivity index (χ2n) is 8.17. The molecule has 174 valence electrons. The SMILES string of the molecule is Cc1cc(C)c(C)c(-c2csc(NC(=O)c3ccc(S(=O)(=O)N4CCOCC4)cc3)n2)c1C. The Kier molecular flexibility index (Phi) is 6.67. The first-order valence-electron chi connectivity index (χ1n) is 10.7. The van der Waals surface area contributed by atoms with Gasteiger partial charge >= 0.3 is 0 Å². The average Bonchev–Trinajstić information content (AvgIpc) is 3.26. The molecular formula is C24H27N3O4S2. The summed E-state index contributed by atoms with van der Waals surface area (Å²) < 4.78 is 32.2. The second kappa shape index (κ2) is 9.34. The predicted molar refractivity (Wildman–Crippen MR) is 130 cm³/mol. The third kappa shape index (κ3) is 4.72. The Labute approximate surface area is 198 Å². The van der Waals surface area contributed by atoms with E-state index in [1.807, 2.05) is 5.38 Å². The summed E-state index contributed by atoms with van der Waals surface area (Å²) in [6.45, 7) is 9.77. The molecule has 0 spiro atoms. The molecule has 2 aromatic carbocycles. The third-order valence-corrected chi connectivity index (χ3v) is 8.74. The van der Waals surface area contributed by atoms with Crippen LogP contribution in [0.1, 0.15) is 32.6 Å². The predicted octanol–water partition coefficient (Wildman–Crippen LogP) is 4.32. The number of hydrogen-bond donors (Lipinski definition) is 1. The zero-order valence-corrected chi connectivity index (χ0v) is 20.8. The highest BCUT2D eigenvalue weighted by Gasteiger charge is 2.26. The first-order chi connectivity index (χ1) is 15.7. The normalized spacial score (nSPS) is 14.9. The molecule has 0 atom stereocenters. The Balaban J connectivity index is 1.51. The first-order valence-corrected chi connectivity index (χ1v) is 13.0. The van der Waals surface area contributed by atoms with Crippen LogP contribution in [0.5, 0.6) is 0 Å². The van der Waals surface area contributed by atoms with Crippen molar-refractivity contribution in [2.45, 2.75) is 32.6 Å². The number of aromatic nitrogens is 1. The molecule has 1 aromatic heterocycles. The molecule has 33 heavy (non-hydrogen) atoms. The molecule has 1 aliphatic rings. The second-order valence-corrected chi connectivity index (χ2v) is 11.0. The zero-order chi connectivity index (χ0) is 23.8. The lowest BCUT2D eigenvalue weighted by molar-refractivity contribution is 0.0730. The molecular weight excluding hydrogens is 458 g/mol. The number of morpholine rings is 1. The van der Waals surface area contributed by atoms with E-state index in [0.29, 0.717) is 37.0 Å². The van der Waals surface area contributed by atoms with Gasteiger partial charge in [-0.15, -0.1) is 11.3 Å². The third-order valence-electron chi connectivity index (χ3n) is 6.07. The van der Waals surface area contributed by atoms with Gasteiger partial charge in [0.05, 0.1) is 23.8 Å².